The second-order valence-corrected chi connectivity index (χ2v) is 7.59. The van der Waals surface area contributed by atoms with Gasteiger partial charge in [-0.15, -0.1) is 10.2 Å². The number of piperidine rings is 1. The quantitative estimate of drug-likeness (QED) is 0.738. The van der Waals surface area contributed by atoms with E-state index in [1.807, 2.05) is 6.33 Å². The topological polar surface area (TPSA) is 46.8 Å². The van der Waals surface area contributed by atoms with Gasteiger partial charge in [-0.2, -0.15) is 0 Å². The van der Waals surface area contributed by atoms with Crippen molar-refractivity contribution in [2.45, 2.75) is 37.6 Å². The van der Waals surface area contributed by atoms with E-state index in [0.717, 1.165) is 23.7 Å². The maximum Gasteiger partial charge on any atom is 0.186 e. The molecule has 1 unspecified atom stereocenters. The van der Waals surface area contributed by atoms with E-state index in [9.17, 15) is 0 Å². The molecule has 2 aliphatic rings. The molecule has 6 heteroatoms. The van der Waals surface area contributed by atoms with Crippen LogP contribution in [0.15, 0.2) is 30.6 Å². The molecule has 118 valence electrons. The highest BCUT2D eigenvalue weighted by molar-refractivity contribution is 7.22. The van der Waals surface area contributed by atoms with E-state index in [-0.39, 0.29) is 0 Å². The zero-order chi connectivity index (χ0) is 15.2. The highest BCUT2D eigenvalue weighted by Crippen LogP contribution is 2.39. The van der Waals surface area contributed by atoms with Crippen molar-refractivity contribution in [3.8, 4) is 0 Å². The number of fused-ring (bicyclic) bond motifs is 1. The van der Waals surface area contributed by atoms with Crippen LogP contribution < -0.4 is 4.90 Å². The minimum Gasteiger partial charge on any atom is -0.347 e. The van der Waals surface area contributed by atoms with Crippen molar-refractivity contribution in [2.24, 2.45) is 0 Å². The molecule has 1 aromatic carbocycles. The third-order valence-electron chi connectivity index (χ3n) is 4.88. The van der Waals surface area contributed by atoms with Gasteiger partial charge in [0.15, 0.2) is 5.13 Å². The van der Waals surface area contributed by atoms with Gasteiger partial charge < -0.3 is 9.47 Å². The SMILES string of the molecule is c1ccc2sc(N3CCCC(c4nncn4C4CC4)C3)nc2c1. The average molecular weight is 325 g/mol. The highest BCUT2D eigenvalue weighted by atomic mass is 32.1. The van der Waals surface area contributed by atoms with Gasteiger partial charge in [-0.1, -0.05) is 23.5 Å². The van der Waals surface area contributed by atoms with Crippen LogP contribution >= 0.6 is 11.3 Å². The first-order chi connectivity index (χ1) is 11.4. The van der Waals surface area contributed by atoms with Gasteiger partial charge in [0.1, 0.15) is 12.2 Å². The molecule has 2 fully saturated rings. The fourth-order valence-corrected chi connectivity index (χ4v) is 4.54. The van der Waals surface area contributed by atoms with Crippen LogP contribution in [0.1, 0.15) is 43.5 Å². The molecule has 0 amide bonds. The average Bonchev–Trinajstić information content (AvgIpc) is 3.16. The summed E-state index contributed by atoms with van der Waals surface area (Å²) in [7, 11) is 0. The summed E-state index contributed by atoms with van der Waals surface area (Å²) in [4.78, 5) is 7.26. The van der Waals surface area contributed by atoms with E-state index in [1.165, 1.54) is 36.2 Å². The Balaban J connectivity index is 1.42. The first-order valence-electron chi connectivity index (χ1n) is 8.38. The third kappa shape index (κ3) is 2.41. The number of anilines is 1. The lowest BCUT2D eigenvalue weighted by molar-refractivity contribution is 0.471. The lowest BCUT2D eigenvalue weighted by Gasteiger charge is -2.32. The van der Waals surface area contributed by atoms with Gasteiger partial charge in [-0.25, -0.2) is 4.98 Å². The second-order valence-electron chi connectivity index (χ2n) is 6.58. The molecular formula is C17H19N5S. The molecule has 23 heavy (non-hydrogen) atoms. The Morgan fingerprint density at radius 1 is 1.13 bits per heavy atom. The minimum absolute atomic E-state index is 0.471. The standard InChI is InChI=1S/C17H19N5S/c1-2-6-15-14(5-1)19-17(23-15)21-9-3-4-12(10-21)16-20-18-11-22(16)13-7-8-13/h1-2,5-6,11-13H,3-4,7-10H2. The van der Waals surface area contributed by atoms with Crippen LogP contribution in [-0.2, 0) is 0 Å². The van der Waals surface area contributed by atoms with Crippen molar-refractivity contribution in [3.63, 3.8) is 0 Å². The lowest BCUT2D eigenvalue weighted by Crippen LogP contribution is -2.35. The first-order valence-corrected chi connectivity index (χ1v) is 9.20. The predicted molar refractivity (Wildman–Crippen MR) is 92.1 cm³/mol. The molecule has 0 spiro atoms. The normalized spacial score (nSPS) is 21.9. The van der Waals surface area contributed by atoms with E-state index < -0.39 is 0 Å². The Hall–Kier alpha value is -1.95. The fourth-order valence-electron chi connectivity index (χ4n) is 3.53. The van der Waals surface area contributed by atoms with Crippen LogP contribution in [0.4, 0.5) is 5.13 Å². The van der Waals surface area contributed by atoms with Gasteiger partial charge in [-0.3, -0.25) is 0 Å². The molecule has 0 radical (unpaired) electrons. The third-order valence-corrected chi connectivity index (χ3v) is 5.98. The van der Waals surface area contributed by atoms with E-state index in [4.69, 9.17) is 4.98 Å². The van der Waals surface area contributed by atoms with Crippen molar-refractivity contribution in [1.29, 1.82) is 0 Å². The smallest absolute Gasteiger partial charge is 0.186 e. The number of rotatable bonds is 3. The summed E-state index contributed by atoms with van der Waals surface area (Å²) in [6, 6.07) is 9.05. The molecule has 1 saturated carbocycles. The largest absolute Gasteiger partial charge is 0.347 e. The first kappa shape index (κ1) is 13.5. The molecule has 1 aliphatic carbocycles. The van der Waals surface area contributed by atoms with Gasteiger partial charge in [0.2, 0.25) is 0 Å². The van der Waals surface area contributed by atoms with Gasteiger partial charge in [0.25, 0.3) is 0 Å². The maximum absolute atomic E-state index is 4.82. The lowest BCUT2D eigenvalue weighted by atomic mass is 9.97. The zero-order valence-corrected chi connectivity index (χ0v) is 13.7. The molecule has 1 saturated heterocycles. The van der Waals surface area contributed by atoms with Crippen LogP contribution in [0.5, 0.6) is 0 Å². The maximum atomic E-state index is 4.82. The molecule has 2 aromatic heterocycles. The summed E-state index contributed by atoms with van der Waals surface area (Å²) in [6.07, 6.45) is 6.87. The summed E-state index contributed by atoms with van der Waals surface area (Å²) in [6.45, 7) is 2.10. The Morgan fingerprint density at radius 2 is 2.04 bits per heavy atom. The summed E-state index contributed by atoms with van der Waals surface area (Å²) >= 11 is 1.80. The molecule has 5 rings (SSSR count). The number of aromatic nitrogens is 4. The Kier molecular flexibility index (Phi) is 3.11. The molecule has 0 bridgehead atoms. The van der Waals surface area contributed by atoms with Crippen molar-refractivity contribution >= 4 is 26.7 Å². The van der Waals surface area contributed by atoms with Crippen molar-refractivity contribution in [1.82, 2.24) is 19.7 Å². The molecule has 3 heterocycles. The molecule has 1 atom stereocenters. The predicted octanol–water partition coefficient (Wildman–Crippen LogP) is 3.61. The Bertz CT molecular complexity index is 801. The second kappa shape index (κ2) is 5.30. The Labute approximate surface area is 139 Å². The van der Waals surface area contributed by atoms with Gasteiger partial charge in [0, 0.05) is 25.0 Å². The zero-order valence-electron chi connectivity index (χ0n) is 12.9. The van der Waals surface area contributed by atoms with Crippen LogP contribution in [0, 0.1) is 0 Å². The number of para-hydroxylation sites is 1. The molecular weight excluding hydrogens is 306 g/mol. The summed E-state index contributed by atoms with van der Waals surface area (Å²) in [5.41, 5.74) is 1.11. The number of hydrogen-bond donors (Lipinski definition) is 0. The number of hydrogen-bond acceptors (Lipinski definition) is 5. The summed E-state index contributed by atoms with van der Waals surface area (Å²) in [5, 5.41) is 9.76. The number of thiazole rings is 1. The van der Waals surface area contributed by atoms with Gasteiger partial charge in [0.05, 0.1) is 10.2 Å². The molecule has 3 aromatic rings. The van der Waals surface area contributed by atoms with Crippen molar-refractivity contribution in [3.05, 3.63) is 36.4 Å². The van der Waals surface area contributed by atoms with E-state index in [1.54, 1.807) is 11.3 Å². The summed E-state index contributed by atoms with van der Waals surface area (Å²) in [5.74, 6) is 1.65. The fraction of sp³-hybridized carbons (Fsp3) is 0.471. The van der Waals surface area contributed by atoms with Crippen molar-refractivity contribution < 1.29 is 0 Å². The molecule has 5 nitrogen and oxygen atoms in total. The molecule has 1 aliphatic heterocycles. The van der Waals surface area contributed by atoms with Crippen LogP contribution in [-0.4, -0.2) is 32.8 Å². The van der Waals surface area contributed by atoms with E-state index in [2.05, 4.69) is 43.9 Å². The van der Waals surface area contributed by atoms with Crippen LogP contribution in [0.25, 0.3) is 10.2 Å². The Morgan fingerprint density at radius 3 is 2.91 bits per heavy atom. The molecule has 0 N–H and O–H groups in total. The minimum atomic E-state index is 0.471. The van der Waals surface area contributed by atoms with Gasteiger partial charge in [-0.05, 0) is 37.8 Å². The van der Waals surface area contributed by atoms with Gasteiger partial charge >= 0.3 is 0 Å². The van der Waals surface area contributed by atoms with E-state index >= 15 is 0 Å². The van der Waals surface area contributed by atoms with Crippen molar-refractivity contribution in [2.75, 3.05) is 18.0 Å². The highest BCUT2D eigenvalue weighted by Gasteiger charge is 2.32. The van der Waals surface area contributed by atoms with E-state index in [0.29, 0.717) is 12.0 Å². The van der Waals surface area contributed by atoms with Crippen LogP contribution in [0.2, 0.25) is 0 Å². The van der Waals surface area contributed by atoms with Crippen LogP contribution in [0.3, 0.4) is 0 Å². The number of nitrogens with zero attached hydrogens (tertiary/aromatic N) is 5. The monoisotopic (exact) mass is 325 g/mol. The summed E-state index contributed by atoms with van der Waals surface area (Å²) < 4.78 is 3.58. The number of benzene rings is 1.